The van der Waals surface area contributed by atoms with Gasteiger partial charge in [0.05, 0.1) is 16.0 Å². The van der Waals surface area contributed by atoms with Crippen LogP contribution in [0.2, 0.25) is 0 Å². The van der Waals surface area contributed by atoms with E-state index in [-0.39, 0.29) is 10.8 Å². The maximum atomic E-state index is 11.3. The van der Waals surface area contributed by atoms with E-state index < -0.39 is 4.92 Å². The van der Waals surface area contributed by atoms with E-state index in [0.29, 0.717) is 16.2 Å². The molecule has 2 aromatic rings. The normalized spacial score (nSPS) is 10.6. The summed E-state index contributed by atoms with van der Waals surface area (Å²) in [5, 5.41) is 15.1. The molecule has 6 nitrogen and oxygen atoms in total. The molecule has 0 aromatic heterocycles. The van der Waals surface area contributed by atoms with Crippen molar-refractivity contribution >= 4 is 41.0 Å². The molecule has 23 heavy (non-hydrogen) atoms. The fraction of sp³-hybridized carbons (Fsp3) is 0.0667. The third kappa shape index (κ3) is 5.35. The van der Waals surface area contributed by atoms with Crippen LogP contribution in [-0.4, -0.2) is 16.3 Å². The Bertz CT molecular complexity index is 736. The smallest absolute Gasteiger partial charge is 0.283 e. The van der Waals surface area contributed by atoms with Crippen LogP contribution in [0.3, 0.4) is 0 Å². The lowest BCUT2D eigenvalue weighted by Gasteiger charge is -2.04. The minimum absolute atomic E-state index is 0.0331. The van der Waals surface area contributed by atoms with Gasteiger partial charge in [-0.15, -0.1) is 11.8 Å². The van der Waals surface area contributed by atoms with Crippen molar-refractivity contribution in [1.82, 2.24) is 5.43 Å². The Hall–Kier alpha value is -2.45. The van der Waals surface area contributed by atoms with Gasteiger partial charge in [-0.25, -0.2) is 0 Å². The molecule has 0 radical (unpaired) electrons. The monoisotopic (exact) mass is 346 g/mol. The van der Waals surface area contributed by atoms with E-state index in [4.69, 9.17) is 5.73 Å². The molecule has 0 heterocycles. The van der Waals surface area contributed by atoms with E-state index >= 15 is 0 Å². The second-order valence-electron chi connectivity index (χ2n) is 4.49. The fourth-order valence-corrected chi connectivity index (χ4v) is 2.80. The quantitative estimate of drug-likeness (QED) is 0.274. The molecule has 0 fully saturated rings. The van der Waals surface area contributed by atoms with Crippen LogP contribution >= 0.6 is 24.0 Å². The highest BCUT2D eigenvalue weighted by Gasteiger charge is 2.14. The number of nitrogens with one attached hydrogen (secondary N) is 1. The number of nitrogens with zero attached hydrogens (tertiary/aromatic N) is 2. The number of hydrogen-bond donors (Lipinski definition) is 2. The van der Waals surface area contributed by atoms with Gasteiger partial charge in [-0.05, 0) is 23.8 Å². The third-order valence-electron chi connectivity index (χ3n) is 2.81. The first kappa shape index (κ1) is 16.9. The SMILES string of the molecule is NC(=S)NN=Cc1ccc(SCc2ccccc2)c([N+](=O)[O-])c1. The summed E-state index contributed by atoms with van der Waals surface area (Å²) >= 11 is 6.04. The van der Waals surface area contributed by atoms with Gasteiger partial charge in [0.25, 0.3) is 5.69 Å². The minimum Gasteiger partial charge on any atom is -0.375 e. The number of hydrogen-bond acceptors (Lipinski definition) is 5. The first-order valence-electron chi connectivity index (χ1n) is 6.60. The predicted molar refractivity (Wildman–Crippen MR) is 96.6 cm³/mol. The molecule has 0 saturated carbocycles. The second-order valence-corrected chi connectivity index (χ2v) is 5.95. The zero-order chi connectivity index (χ0) is 16.7. The van der Waals surface area contributed by atoms with Crippen LogP contribution in [0.5, 0.6) is 0 Å². The van der Waals surface area contributed by atoms with Gasteiger partial charge in [0, 0.05) is 17.4 Å². The molecule has 0 saturated heterocycles. The van der Waals surface area contributed by atoms with Crippen LogP contribution in [0.15, 0.2) is 58.5 Å². The topological polar surface area (TPSA) is 93.5 Å². The van der Waals surface area contributed by atoms with Crippen LogP contribution in [-0.2, 0) is 5.75 Å². The summed E-state index contributed by atoms with van der Waals surface area (Å²) in [5.41, 5.74) is 9.40. The van der Waals surface area contributed by atoms with Gasteiger partial charge in [-0.3, -0.25) is 15.5 Å². The number of nitrogens with two attached hydrogens (primary N) is 1. The molecule has 3 N–H and O–H groups in total. The van der Waals surface area contributed by atoms with Gasteiger partial charge in [-0.2, -0.15) is 5.10 Å². The molecule has 2 aromatic carbocycles. The Balaban J connectivity index is 2.14. The molecule has 0 aliphatic carbocycles. The average Bonchev–Trinajstić information content (AvgIpc) is 2.54. The molecule has 0 aliphatic rings. The largest absolute Gasteiger partial charge is 0.375 e. The molecular formula is C15H14N4O2S2. The molecule has 0 spiro atoms. The molecular weight excluding hydrogens is 332 g/mol. The number of benzene rings is 2. The standard InChI is InChI=1S/C15H14N4O2S2/c16-15(22)18-17-9-12-6-7-14(13(8-12)19(20)21)23-10-11-4-2-1-3-5-11/h1-9H,10H2,(H3,16,18,22). The van der Waals surface area contributed by atoms with Gasteiger partial charge in [0.1, 0.15) is 0 Å². The van der Waals surface area contributed by atoms with Gasteiger partial charge in [-0.1, -0.05) is 36.4 Å². The molecule has 0 amide bonds. The lowest BCUT2D eigenvalue weighted by Crippen LogP contribution is -2.23. The number of thioether (sulfide) groups is 1. The summed E-state index contributed by atoms with van der Waals surface area (Å²) in [6.07, 6.45) is 1.43. The maximum Gasteiger partial charge on any atom is 0.283 e. The summed E-state index contributed by atoms with van der Waals surface area (Å²) < 4.78 is 0. The molecule has 2 rings (SSSR count). The first-order valence-corrected chi connectivity index (χ1v) is 7.99. The highest BCUT2D eigenvalue weighted by atomic mass is 32.2. The molecule has 0 aliphatic heterocycles. The van der Waals surface area contributed by atoms with E-state index in [1.54, 1.807) is 12.1 Å². The Kier molecular flexibility index (Phi) is 6.07. The number of hydrazone groups is 1. The van der Waals surface area contributed by atoms with Crippen molar-refractivity contribution in [2.45, 2.75) is 10.6 Å². The Labute approximate surface area is 142 Å². The molecule has 8 heteroatoms. The van der Waals surface area contributed by atoms with Gasteiger partial charge in [0.15, 0.2) is 5.11 Å². The predicted octanol–water partition coefficient (Wildman–Crippen LogP) is 3.05. The number of thiocarbonyl (C=S) groups is 1. The first-order chi connectivity index (χ1) is 11.1. The van der Waals surface area contributed by atoms with E-state index in [1.165, 1.54) is 24.0 Å². The zero-order valence-electron chi connectivity index (χ0n) is 12.0. The minimum atomic E-state index is -0.397. The summed E-state index contributed by atoms with van der Waals surface area (Å²) in [5.74, 6) is 0.665. The van der Waals surface area contributed by atoms with E-state index in [0.717, 1.165) is 5.56 Å². The van der Waals surface area contributed by atoms with Gasteiger partial charge >= 0.3 is 0 Å². The van der Waals surface area contributed by atoms with Gasteiger partial charge in [0.2, 0.25) is 0 Å². The van der Waals surface area contributed by atoms with Crippen molar-refractivity contribution in [1.29, 1.82) is 0 Å². The summed E-state index contributed by atoms with van der Waals surface area (Å²) in [4.78, 5) is 11.5. The molecule has 0 bridgehead atoms. The van der Waals surface area contributed by atoms with E-state index in [9.17, 15) is 10.1 Å². The number of rotatable bonds is 6. The van der Waals surface area contributed by atoms with Crippen molar-refractivity contribution in [3.63, 3.8) is 0 Å². The lowest BCUT2D eigenvalue weighted by atomic mass is 10.2. The summed E-state index contributed by atoms with van der Waals surface area (Å²) in [6, 6.07) is 14.7. The van der Waals surface area contributed by atoms with Crippen LogP contribution in [0.25, 0.3) is 0 Å². The van der Waals surface area contributed by atoms with Crippen LogP contribution in [0, 0.1) is 10.1 Å². The van der Waals surface area contributed by atoms with Crippen molar-refractivity contribution in [2.75, 3.05) is 0 Å². The number of nitro groups is 1. The van der Waals surface area contributed by atoms with Crippen molar-refractivity contribution in [3.05, 3.63) is 69.8 Å². The van der Waals surface area contributed by atoms with Crippen LogP contribution < -0.4 is 11.2 Å². The summed E-state index contributed by atoms with van der Waals surface area (Å²) in [7, 11) is 0. The van der Waals surface area contributed by atoms with Crippen LogP contribution in [0.1, 0.15) is 11.1 Å². The highest BCUT2D eigenvalue weighted by Crippen LogP contribution is 2.32. The maximum absolute atomic E-state index is 11.3. The van der Waals surface area contributed by atoms with Crippen LogP contribution in [0.4, 0.5) is 5.69 Å². The van der Waals surface area contributed by atoms with E-state index in [1.807, 2.05) is 30.3 Å². The second kappa shape index (κ2) is 8.25. The van der Waals surface area contributed by atoms with Crippen molar-refractivity contribution in [3.8, 4) is 0 Å². The average molecular weight is 346 g/mol. The Morgan fingerprint density at radius 2 is 2.09 bits per heavy atom. The Morgan fingerprint density at radius 1 is 1.35 bits per heavy atom. The summed E-state index contributed by atoms with van der Waals surface area (Å²) in [6.45, 7) is 0. The lowest BCUT2D eigenvalue weighted by molar-refractivity contribution is -0.387. The van der Waals surface area contributed by atoms with Crippen molar-refractivity contribution in [2.24, 2.45) is 10.8 Å². The zero-order valence-corrected chi connectivity index (χ0v) is 13.6. The fourth-order valence-electron chi connectivity index (χ4n) is 1.79. The Morgan fingerprint density at radius 3 is 2.74 bits per heavy atom. The molecule has 118 valence electrons. The highest BCUT2D eigenvalue weighted by molar-refractivity contribution is 7.98. The van der Waals surface area contributed by atoms with Gasteiger partial charge < -0.3 is 5.73 Å². The third-order valence-corrected chi connectivity index (χ3v) is 4.03. The number of nitro benzene ring substituents is 1. The molecule has 0 unspecified atom stereocenters. The van der Waals surface area contributed by atoms with Crippen molar-refractivity contribution < 1.29 is 4.92 Å². The van der Waals surface area contributed by atoms with E-state index in [2.05, 4.69) is 22.7 Å². The molecule has 0 atom stereocenters.